The first-order valence-electron chi connectivity index (χ1n) is 9.07. The number of ether oxygens (including phenoxy) is 2. The fourth-order valence-electron chi connectivity index (χ4n) is 4.20. The lowest BCUT2D eigenvalue weighted by Gasteiger charge is -2.37. The maximum Gasteiger partial charge on any atom is 0.344 e. The zero-order valence-corrected chi connectivity index (χ0v) is 15.3. The van der Waals surface area contributed by atoms with Crippen LogP contribution in [0.3, 0.4) is 0 Å². The van der Waals surface area contributed by atoms with E-state index in [1.165, 1.54) is 6.92 Å². The minimum atomic E-state index is -2.62. The number of aliphatic hydroxyl groups is 3. The fraction of sp³-hybridized carbons (Fsp3) is 0.778. The van der Waals surface area contributed by atoms with Crippen LogP contribution in [-0.4, -0.2) is 81.8 Å². The minimum Gasteiger partial charge on any atom is -0.460 e. The Hall–Kier alpha value is -1.48. The Bertz CT molecular complexity index is 617. The molecule has 146 valence electrons. The van der Waals surface area contributed by atoms with Gasteiger partial charge in [-0.15, -0.1) is 0 Å². The summed E-state index contributed by atoms with van der Waals surface area (Å²) < 4.78 is 11.0. The Morgan fingerprint density at radius 1 is 1.31 bits per heavy atom. The van der Waals surface area contributed by atoms with E-state index in [1.54, 1.807) is 13.8 Å². The standard InChI is InChI=1S/C18H27NO7/c1-9(2)13-15(21)18(24,10(3)20)17(23)25-8-11-4-6-19-7-5-12(14(11)19)26-16(13)22/h4,9-10,12-15,20-21,24H,5-8H2,1-3H3/t10-,12+,13+,14-,15-,18+/m0/s1. The molecule has 26 heavy (non-hydrogen) atoms. The quantitative estimate of drug-likeness (QED) is 0.429. The lowest BCUT2D eigenvalue weighted by Crippen LogP contribution is -2.62. The molecule has 0 aromatic carbocycles. The molecule has 0 spiro atoms. The highest BCUT2D eigenvalue weighted by Crippen LogP contribution is 2.36. The molecule has 0 unspecified atom stereocenters. The number of rotatable bonds is 2. The van der Waals surface area contributed by atoms with Crippen molar-refractivity contribution in [1.29, 1.82) is 0 Å². The summed E-state index contributed by atoms with van der Waals surface area (Å²) in [6.45, 7) is 5.92. The highest BCUT2D eigenvalue weighted by atomic mass is 16.6. The van der Waals surface area contributed by atoms with E-state index in [0.29, 0.717) is 13.0 Å². The highest BCUT2D eigenvalue weighted by Gasteiger charge is 2.56. The van der Waals surface area contributed by atoms with E-state index in [9.17, 15) is 24.9 Å². The predicted octanol–water partition coefficient (Wildman–Crippen LogP) is -0.786. The fourth-order valence-corrected chi connectivity index (χ4v) is 4.20. The van der Waals surface area contributed by atoms with Crippen molar-refractivity contribution in [2.24, 2.45) is 11.8 Å². The average molecular weight is 369 g/mol. The van der Waals surface area contributed by atoms with Crippen LogP contribution in [0.5, 0.6) is 0 Å². The van der Waals surface area contributed by atoms with E-state index < -0.39 is 41.6 Å². The van der Waals surface area contributed by atoms with Crippen LogP contribution in [0.1, 0.15) is 27.2 Å². The van der Waals surface area contributed by atoms with Gasteiger partial charge in [-0.1, -0.05) is 19.9 Å². The van der Waals surface area contributed by atoms with Gasteiger partial charge in [0.15, 0.2) is 0 Å². The van der Waals surface area contributed by atoms with Gasteiger partial charge in [-0.3, -0.25) is 9.69 Å². The van der Waals surface area contributed by atoms with Crippen LogP contribution in [-0.2, 0) is 19.1 Å². The van der Waals surface area contributed by atoms with Crippen LogP contribution in [0.4, 0.5) is 0 Å². The number of hydrogen-bond donors (Lipinski definition) is 3. The number of hydrogen-bond acceptors (Lipinski definition) is 8. The van der Waals surface area contributed by atoms with Gasteiger partial charge in [0.2, 0.25) is 5.60 Å². The van der Waals surface area contributed by atoms with Crippen molar-refractivity contribution in [1.82, 2.24) is 4.90 Å². The Morgan fingerprint density at radius 3 is 2.62 bits per heavy atom. The van der Waals surface area contributed by atoms with E-state index in [2.05, 4.69) is 4.90 Å². The normalized spacial score (nSPS) is 39.7. The summed E-state index contributed by atoms with van der Waals surface area (Å²) in [5.74, 6) is -3.43. The number of esters is 2. The van der Waals surface area contributed by atoms with Gasteiger partial charge in [0.05, 0.1) is 18.1 Å². The zero-order chi connectivity index (χ0) is 19.2. The molecule has 0 aromatic rings. The summed E-state index contributed by atoms with van der Waals surface area (Å²) >= 11 is 0. The van der Waals surface area contributed by atoms with Crippen molar-refractivity contribution in [3.63, 3.8) is 0 Å². The molecule has 0 saturated carbocycles. The van der Waals surface area contributed by atoms with Crippen molar-refractivity contribution in [2.45, 2.75) is 57.1 Å². The number of nitrogens with zero attached hydrogens (tertiary/aromatic N) is 1. The molecule has 3 rings (SSSR count). The Kier molecular flexibility index (Phi) is 5.13. The topological polar surface area (TPSA) is 117 Å². The molecule has 3 heterocycles. The van der Waals surface area contributed by atoms with Crippen LogP contribution in [0, 0.1) is 11.8 Å². The molecular weight excluding hydrogens is 342 g/mol. The van der Waals surface area contributed by atoms with Crippen LogP contribution in [0.25, 0.3) is 0 Å². The number of carbonyl (C=O) groups is 2. The van der Waals surface area contributed by atoms with Crippen LogP contribution >= 0.6 is 0 Å². The van der Waals surface area contributed by atoms with Crippen molar-refractivity contribution < 1.29 is 34.4 Å². The lowest BCUT2D eigenvalue weighted by atomic mass is 9.78. The first kappa shape index (κ1) is 19.3. The third-order valence-electron chi connectivity index (χ3n) is 5.80. The van der Waals surface area contributed by atoms with Crippen molar-refractivity contribution in [3.8, 4) is 0 Å². The van der Waals surface area contributed by atoms with Gasteiger partial charge in [0.25, 0.3) is 0 Å². The molecule has 8 nitrogen and oxygen atoms in total. The van der Waals surface area contributed by atoms with Gasteiger partial charge < -0.3 is 24.8 Å². The largest absolute Gasteiger partial charge is 0.460 e. The monoisotopic (exact) mass is 369 g/mol. The summed E-state index contributed by atoms with van der Waals surface area (Å²) in [5.41, 5.74) is -1.81. The van der Waals surface area contributed by atoms with Gasteiger partial charge in [0, 0.05) is 13.1 Å². The third-order valence-corrected chi connectivity index (χ3v) is 5.80. The maximum atomic E-state index is 12.8. The van der Waals surface area contributed by atoms with Crippen molar-refractivity contribution in [3.05, 3.63) is 11.6 Å². The highest BCUT2D eigenvalue weighted by molar-refractivity contribution is 5.83. The molecule has 0 aromatic heterocycles. The second kappa shape index (κ2) is 6.92. The predicted molar refractivity (Wildman–Crippen MR) is 89.9 cm³/mol. The Morgan fingerprint density at radius 2 is 2.00 bits per heavy atom. The number of cyclic esters (lactones) is 1. The molecule has 2 fully saturated rings. The van der Waals surface area contributed by atoms with E-state index in [-0.39, 0.29) is 18.8 Å². The van der Waals surface area contributed by atoms with E-state index in [1.807, 2.05) is 6.08 Å². The van der Waals surface area contributed by atoms with Gasteiger partial charge in [-0.05, 0) is 24.8 Å². The average Bonchev–Trinajstić information content (AvgIpc) is 3.13. The number of aliphatic hydroxyl groups excluding tert-OH is 2. The van der Waals surface area contributed by atoms with Crippen LogP contribution < -0.4 is 0 Å². The lowest BCUT2D eigenvalue weighted by molar-refractivity contribution is -0.206. The smallest absolute Gasteiger partial charge is 0.344 e. The Balaban J connectivity index is 2.01. The van der Waals surface area contributed by atoms with Gasteiger partial charge in [-0.25, -0.2) is 4.79 Å². The molecule has 3 aliphatic heterocycles. The molecule has 2 saturated heterocycles. The zero-order valence-electron chi connectivity index (χ0n) is 15.3. The van der Waals surface area contributed by atoms with Crippen LogP contribution in [0.2, 0.25) is 0 Å². The molecule has 3 N–H and O–H groups in total. The second-order valence-corrected chi connectivity index (χ2v) is 7.77. The van der Waals surface area contributed by atoms with E-state index in [4.69, 9.17) is 9.47 Å². The van der Waals surface area contributed by atoms with Crippen molar-refractivity contribution >= 4 is 11.9 Å². The summed E-state index contributed by atoms with van der Waals surface area (Å²) in [4.78, 5) is 27.5. The summed E-state index contributed by atoms with van der Waals surface area (Å²) in [6.07, 6.45) is -1.29. The van der Waals surface area contributed by atoms with Crippen molar-refractivity contribution in [2.75, 3.05) is 19.7 Å². The maximum absolute atomic E-state index is 12.8. The SMILES string of the molecule is CC(C)[C@H]1C(=O)O[C@@H]2CCN3CC=C(COC(=O)[C@@](O)([C@H](C)O)[C@H]1O)[C@@H]23. The van der Waals surface area contributed by atoms with Gasteiger partial charge >= 0.3 is 11.9 Å². The minimum absolute atomic E-state index is 0.0812. The summed E-state index contributed by atoms with van der Waals surface area (Å²) in [5, 5.41) is 31.5. The Labute approximate surface area is 152 Å². The molecule has 6 atom stereocenters. The number of carbonyl (C=O) groups excluding carboxylic acids is 2. The van der Waals surface area contributed by atoms with Gasteiger partial charge in [-0.2, -0.15) is 0 Å². The molecule has 0 radical (unpaired) electrons. The first-order chi connectivity index (χ1) is 12.2. The van der Waals surface area contributed by atoms with E-state index >= 15 is 0 Å². The summed E-state index contributed by atoms with van der Waals surface area (Å²) in [7, 11) is 0. The first-order valence-corrected chi connectivity index (χ1v) is 9.07. The summed E-state index contributed by atoms with van der Waals surface area (Å²) in [6, 6.07) is -0.158. The third kappa shape index (κ3) is 2.94. The van der Waals surface area contributed by atoms with Crippen LogP contribution in [0.15, 0.2) is 11.6 Å². The molecule has 0 amide bonds. The van der Waals surface area contributed by atoms with E-state index in [0.717, 1.165) is 12.1 Å². The molecule has 0 aliphatic carbocycles. The molecule has 8 heteroatoms. The van der Waals surface area contributed by atoms with Gasteiger partial charge in [0.1, 0.15) is 18.8 Å². The second-order valence-electron chi connectivity index (χ2n) is 7.77. The molecule has 3 aliphatic rings. The molecular formula is C18H27NO7. The molecule has 0 bridgehead atoms.